The molecule has 7 heteroatoms. The lowest BCUT2D eigenvalue weighted by Gasteiger charge is -2.09. The Bertz CT molecular complexity index is 960. The molecule has 1 N–H and O–H groups in total. The van der Waals surface area contributed by atoms with E-state index < -0.39 is 0 Å². The SMILES string of the molecule is Cc1nc(CCNc2cc(-c3ccccc3)nc3ncnn23)cs1. The molecule has 0 aliphatic carbocycles. The molecule has 0 saturated heterocycles. The number of hydrogen-bond donors (Lipinski definition) is 1. The smallest absolute Gasteiger partial charge is 0.254 e. The van der Waals surface area contributed by atoms with Crippen molar-refractivity contribution in [2.45, 2.75) is 13.3 Å². The summed E-state index contributed by atoms with van der Waals surface area (Å²) in [6.45, 7) is 2.80. The molecule has 4 rings (SSSR count). The number of aryl methyl sites for hydroxylation is 1. The largest absolute Gasteiger partial charge is 0.369 e. The highest BCUT2D eigenvalue weighted by Gasteiger charge is 2.09. The van der Waals surface area contributed by atoms with Gasteiger partial charge < -0.3 is 5.32 Å². The Morgan fingerprint density at radius 1 is 1.17 bits per heavy atom. The predicted octanol–water partition coefficient (Wildman–Crippen LogP) is 3.21. The summed E-state index contributed by atoms with van der Waals surface area (Å²) >= 11 is 1.68. The number of thiazole rings is 1. The number of fused-ring (bicyclic) bond motifs is 1. The van der Waals surface area contributed by atoms with Crippen LogP contribution in [0.3, 0.4) is 0 Å². The van der Waals surface area contributed by atoms with Crippen molar-refractivity contribution >= 4 is 22.9 Å². The van der Waals surface area contributed by atoms with Gasteiger partial charge in [-0.25, -0.2) is 9.97 Å². The second-order valence-electron chi connectivity index (χ2n) is 5.40. The van der Waals surface area contributed by atoms with Crippen molar-refractivity contribution in [2.24, 2.45) is 0 Å². The van der Waals surface area contributed by atoms with Crippen molar-refractivity contribution in [2.75, 3.05) is 11.9 Å². The van der Waals surface area contributed by atoms with Gasteiger partial charge in [-0.3, -0.25) is 0 Å². The molecule has 6 nitrogen and oxygen atoms in total. The highest BCUT2D eigenvalue weighted by atomic mass is 32.1. The highest BCUT2D eigenvalue weighted by Crippen LogP contribution is 2.21. The van der Waals surface area contributed by atoms with Gasteiger partial charge in [-0.1, -0.05) is 30.3 Å². The number of nitrogens with zero attached hydrogens (tertiary/aromatic N) is 5. The average Bonchev–Trinajstić information content (AvgIpc) is 3.24. The zero-order valence-electron chi connectivity index (χ0n) is 13.2. The Balaban J connectivity index is 1.60. The zero-order valence-corrected chi connectivity index (χ0v) is 14.0. The molecule has 0 spiro atoms. The van der Waals surface area contributed by atoms with Crippen molar-refractivity contribution in [1.29, 1.82) is 0 Å². The summed E-state index contributed by atoms with van der Waals surface area (Å²) in [6.07, 6.45) is 2.38. The highest BCUT2D eigenvalue weighted by molar-refractivity contribution is 7.09. The molecular weight excluding hydrogens is 320 g/mol. The first-order chi connectivity index (χ1) is 11.8. The van der Waals surface area contributed by atoms with Crippen LogP contribution < -0.4 is 5.32 Å². The second-order valence-corrected chi connectivity index (χ2v) is 6.46. The summed E-state index contributed by atoms with van der Waals surface area (Å²) in [4.78, 5) is 13.3. The molecule has 4 aromatic rings. The summed E-state index contributed by atoms with van der Waals surface area (Å²) in [5.74, 6) is 1.46. The molecular formula is C17H16N6S. The standard InChI is InChI=1S/C17H16N6S/c1-12-21-14(10-24-12)7-8-18-16-9-15(13-5-3-2-4-6-13)22-17-19-11-20-23(16)17/h2-6,9-11,18H,7-8H2,1H3. The third-order valence-corrected chi connectivity index (χ3v) is 4.50. The van der Waals surface area contributed by atoms with Crippen molar-refractivity contribution < 1.29 is 0 Å². The minimum Gasteiger partial charge on any atom is -0.369 e. The molecule has 3 aromatic heterocycles. The topological polar surface area (TPSA) is 68.0 Å². The van der Waals surface area contributed by atoms with Crippen LogP contribution in [0.15, 0.2) is 48.1 Å². The first kappa shape index (κ1) is 14.8. The monoisotopic (exact) mass is 336 g/mol. The summed E-state index contributed by atoms with van der Waals surface area (Å²) in [5, 5.41) is 10.9. The zero-order chi connectivity index (χ0) is 16.4. The van der Waals surface area contributed by atoms with Gasteiger partial charge in [-0.15, -0.1) is 11.3 Å². The van der Waals surface area contributed by atoms with Gasteiger partial charge in [0.15, 0.2) is 0 Å². The second kappa shape index (κ2) is 6.37. The van der Waals surface area contributed by atoms with Gasteiger partial charge in [-0.2, -0.15) is 14.6 Å². The Morgan fingerprint density at radius 2 is 2.04 bits per heavy atom. The molecule has 0 amide bonds. The Hall–Kier alpha value is -2.80. The van der Waals surface area contributed by atoms with E-state index in [4.69, 9.17) is 0 Å². The van der Waals surface area contributed by atoms with Gasteiger partial charge in [0.1, 0.15) is 12.1 Å². The van der Waals surface area contributed by atoms with Crippen LogP contribution in [-0.2, 0) is 6.42 Å². The Labute approximate surface area is 143 Å². The number of nitrogens with one attached hydrogen (secondary N) is 1. The predicted molar refractivity (Wildman–Crippen MR) is 95.3 cm³/mol. The van der Waals surface area contributed by atoms with Crippen LogP contribution in [0.1, 0.15) is 10.7 Å². The average molecular weight is 336 g/mol. The fraction of sp³-hybridized carbons (Fsp3) is 0.176. The van der Waals surface area contributed by atoms with E-state index in [1.165, 1.54) is 6.33 Å². The molecule has 120 valence electrons. The summed E-state index contributed by atoms with van der Waals surface area (Å²) < 4.78 is 1.72. The fourth-order valence-corrected chi connectivity index (χ4v) is 3.18. The molecule has 1 aromatic carbocycles. The lowest BCUT2D eigenvalue weighted by atomic mass is 10.1. The van der Waals surface area contributed by atoms with Gasteiger partial charge >= 0.3 is 0 Å². The normalized spacial score (nSPS) is 11.0. The number of rotatable bonds is 5. The van der Waals surface area contributed by atoms with Crippen LogP contribution in [0.5, 0.6) is 0 Å². The van der Waals surface area contributed by atoms with Crippen LogP contribution in [0.25, 0.3) is 17.0 Å². The molecule has 0 aliphatic heterocycles. The van der Waals surface area contributed by atoms with E-state index in [1.54, 1.807) is 15.9 Å². The van der Waals surface area contributed by atoms with Gasteiger partial charge in [0, 0.05) is 30.0 Å². The first-order valence-electron chi connectivity index (χ1n) is 7.71. The molecule has 0 aliphatic rings. The van der Waals surface area contributed by atoms with E-state index in [2.05, 4.69) is 30.7 Å². The minimum absolute atomic E-state index is 0.586. The molecule has 0 atom stereocenters. The fourth-order valence-electron chi connectivity index (χ4n) is 2.54. The van der Waals surface area contributed by atoms with Gasteiger partial charge in [-0.05, 0) is 6.92 Å². The maximum absolute atomic E-state index is 4.57. The van der Waals surface area contributed by atoms with Crippen LogP contribution >= 0.6 is 11.3 Å². The molecule has 3 heterocycles. The van der Waals surface area contributed by atoms with E-state index in [0.717, 1.165) is 40.7 Å². The van der Waals surface area contributed by atoms with Crippen molar-refractivity contribution in [3.8, 4) is 11.3 Å². The van der Waals surface area contributed by atoms with Gasteiger partial charge in [0.05, 0.1) is 16.4 Å². The number of aromatic nitrogens is 5. The van der Waals surface area contributed by atoms with Gasteiger partial charge in [0.25, 0.3) is 5.78 Å². The number of anilines is 1. The molecule has 0 bridgehead atoms. The van der Waals surface area contributed by atoms with E-state index in [-0.39, 0.29) is 0 Å². The maximum Gasteiger partial charge on any atom is 0.254 e. The lowest BCUT2D eigenvalue weighted by molar-refractivity contribution is 0.904. The van der Waals surface area contributed by atoms with E-state index in [0.29, 0.717) is 5.78 Å². The molecule has 0 unspecified atom stereocenters. The van der Waals surface area contributed by atoms with Crippen LogP contribution in [0.2, 0.25) is 0 Å². The van der Waals surface area contributed by atoms with Crippen molar-refractivity contribution in [3.05, 3.63) is 58.8 Å². The van der Waals surface area contributed by atoms with Gasteiger partial charge in [0.2, 0.25) is 0 Å². The summed E-state index contributed by atoms with van der Waals surface area (Å²) in [5.41, 5.74) is 3.04. The maximum atomic E-state index is 4.57. The molecule has 0 saturated carbocycles. The third kappa shape index (κ3) is 2.98. The first-order valence-corrected chi connectivity index (χ1v) is 8.58. The number of benzene rings is 1. The van der Waals surface area contributed by atoms with Crippen LogP contribution in [0, 0.1) is 6.92 Å². The molecule has 0 fully saturated rings. The summed E-state index contributed by atoms with van der Waals surface area (Å²) in [7, 11) is 0. The lowest BCUT2D eigenvalue weighted by Crippen LogP contribution is -2.10. The van der Waals surface area contributed by atoms with E-state index in [9.17, 15) is 0 Å². The molecule has 24 heavy (non-hydrogen) atoms. The molecule has 0 radical (unpaired) electrons. The number of hydrogen-bond acceptors (Lipinski definition) is 6. The van der Waals surface area contributed by atoms with E-state index in [1.807, 2.05) is 43.3 Å². The van der Waals surface area contributed by atoms with Crippen molar-refractivity contribution in [1.82, 2.24) is 24.6 Å². The quantitative estimate of drug-likeness (QED) is 0.606. The minimum atomic E-state index is 0.586. The summed E-state index contributed by atoms with van der Waals surface area (Å²) in [6, 6.07) is 12.1. The van der Waals surface area contributed by atoms with Crippen LogP contribution in [-0.4, -0.2) is 31.1 Å². The van der Waals surface area contributed by atoms with Crippen LogP contribution in [0.4, 0.5) is 5.82 Å². The Kier molecular flexibility index (Phi) is 3.92. The van der Waals surface area contributed by atoms with E-state index >= 15 is 0 Å². The Morgan fingerprint density at radius 3 is 2.83 bits per heavy atom. The third-order valence-electron chi connectivity index (χ3n) is 3.68. The van der Waals surface area contributed by atoms with Crippen molar-refractivity contribution in [3.63, 3.8) is 0 Å².